The Morgan fingerprint density at radius 3 is 2.93 bits per heavy atom. The Kier molecular flexibility index (Phi) is 3.19. The summed E-state index contributed by atoms with van der Waals surface area (Å²) in [5, 5.41) is 0. The molecule has 1 fully saturated rings. The topological polar surface area (TPSA) is 27.7 Å². The fraction of sp³-hybridized carbons (Fsp3) is 0.400. The van der Waals surface area contributed by atoms with Crippen LogP contribution in [0.2, 0.25) is 0 Å². The van der Waals surface area contributed by atoms with Gasteiger partial charge in [0.15, 0.2) is 6.29 Å². The third kappa shape index (κ3) is 2.15. The zero-order valence-electron chi connectivity index (χ0n) is 8.18. The highest BCUT2D eigenvalue weighted by molar-refractivity contribution is 6.61. The van der Waals surface area contributed by atoms with Crippen molar-refractivity contribution in [2.75, 3.05) is 13.2 Å². The third-order valence-electron chi connectivity index (χ3n) is 2.08. The van der Waals surface area contributed by atoms with Crippen LogP contribution in [0.4, 0.5) is 0 Å². The first-order chi connectivity index (χ1) is 6.90. The van der Waals surface area contributed by atoms with Gasteiger partial charge in [-0.3, -0.25) is 0 Å². The summed E-state index contributed by atoms with van der Waals surface area (Å²) < 4.78 is 16.3. The summed E-state index contributed by atoms with van der Waals surface area (Å²) >= 11 is 0. The average Bonchev–Trinajstić information content (AvgIpc) is 2.68. The first-order valence-corrected chi connectivity index (χ1v) is 4.83. The maximum atomic E-state index is 5.54. The lowest BCUT2D eigenvalue weighted by Crippen LogP contribution is -2.32. The second-order valence-corrected chi connectivity index (χ2v) is 3.10. The maximum absolute atomic E-state index is 5.54. The molecule has 74 valence electrons. The SMILES string of the molecule is CCOC1COB(c2ccccc2)O1. The summed E-state index contributed by atoms with van der Waals surface area (Å²) in [6.07, 6.45) is -0.217. The van der Waals surface area contributed by atoms with Gasteiger partial charge in [-0.05, 0) is 12.4 Å². The van der Waals surface area contributed by atoms with Gasteiger partial charge in [0, 0.05) is 6.61 Å². The molecule has 0 spiro atoms. The van der Waals surface area contributed by atoms with E-state index in [9.17, 15) is 0 Å². The quantitative estimate of drug-likeness (QED) is 0.662. The molecule has 14 heavy (non-hydrogen) atoms. The molecular formula is C10H13BO3. The lowest BCUT2D eigenvalue weighted by molar-refractivity contribution is -0.0626. The first kappa shape index (κ1) is 9.71. The van der Waals surface area contributed by atoms with Crippen LogP contribution in [0.5, 0.6) is 0 Å². The van der Waals surface area contributed by atoms with Gasteiger partial charge in [0.05, 0.1) is 6.61 Å². The Labute approximate surface area is 84.1 Å². The number of rotatable bonds is 3. The smallest absolute Gasteiger partial charge is 0.402 e. The molecule has 2 rings (SSSR count). The Bertz CT molecular complexity index is 278. The van der Waals surface area contributed by atoms with E-state index in [1.54, 1.807) is 0 Å². The molecule has 0 radical (unpaired) electrons. The zero-order chi connectivity index (χ0) is 9.80. The first-order valence-electron chi connectivity index (χ1n) is 4.83. The van der Waals surface area contributed by atoms with Crippen LogP contribution in [0.25, 0.3) is 0 Å². The van der Waals surface area contributed by atoms with Gasteiger partial charge in [-0.1, -0.05) is 30.3 Å². The molecule has 0 saturated carbocycles. The molecule has 1 aromatic carbocycles. The van der Waals surface area contributed by atoms with Gasteiger partial charge in [0.1, 0.15) is 0 Å². The molecule has 4 heteroatoms. The van der Waals surface area contributed by atoms with Crippen LogP contribution in [-0.4, -0.2) is 26.6 Å². The van der Waals surface area contributed by atoms with Gasteiger partial charge < -0.3 is 14.0 Å². The van der Waals surface area contributed by atoms with Gasteiger partial charge in [0.2, 0.25) is 0 Å². The molecule has 0 N–H and O–H groups in total. The Balaban J connectivity index is 1.96. The maximum Gasteiger partial charge on any atom is 0.495 e. The van der Waals surface area contributed by atoms with Crippen molar-refractivity contribution in [3.05, 3.63) is 30.3 Å². The van der Waals surface area contributed by atoms with Gasteiger partial charge in [-0.25, -0.2) is 0 Å². The molecule has 0 bridgehead atoms. The van der Waals surface area contributed by atoms with Crippen LogP contribution in [-0.2, 0) is 14.0 Å². The molecule has 1 aromatic rings. The number of ether oxygens (including phenoxy) is 1. The molecule has 1 aliphatic rings. The summed E-state index contributed by atoms with van der Waals surface area (Å²) in [5.41, 5.74) is 1.04. The van der Waals surface area contributed by atoms with Crippen molar-refractivity contribution in [1.82, 2.24) is 0 Å². The molecule has 1 aliphatic heterocycles. The van der Waals surface area contributed by atoms with Crippen molar-refractivity contribution in [1.29, 1.82) is 0 Å². The predicted molar refractivity (Wildman–Crippen MR) is 54.3 cm³/mol. The second-order valence-electron chi connectivity index (χ2n) is 3.10. The molecule has 1 heterocycles. The van der Waals surface area contributed by atoms with E-state index in [-0.39, 0.29) is 13.4 Å². The largest absolute Gasteiger partial charge is 0.495 e. The van der Waals surface area contributed by atoms with Crippen molar-refractivity contribution in [2.24, 2.45) is 0 Å². The average molecular weight is 192 g/mol. The number of hydrogen-bond acceptors (Lipinski definition) is 3. The lowest BCUT2D eigenvalue weighted by Gasteiger charge is -2.08. The van der Waals surface area contributed by atoms with Crippen LogP contribution in [0.1, 0.15) is 6.92 Å². The van der Waals surface area contributed by atoms with Gasteiger partial charge in [0.25, 0.3) is 0 Å². The van der Waals surface area contributed by atoms with E-state index in [1.807, 2.05) is 37.3 Å². The highest BCUT2D eigenvalue weighted by atomic mass is 16.7. The fourth-order valence-electron chi connectivity index (χ4n) is 1.44. The van der Waals surface area contributed by atoms with Gasteiger partial charge in [-0.2, -0.15) is 0 Å². The van der Waals surface area contributed by atoms with Crippen molar-refractivity contribution in [3.63, 3.8) is 0 Å². The molecule has 1 atom stereocenters. The molecule has 3 nitrogen and oxygen atoms in total. The van der Waals surface area contributed by atoms with Crippen LogP contribution in [0.15, 0.2) is 30.3 Å². The standard InChI is InChI=1S/C10H13BO3/c1-2-12-10-8-13-11(14-10)9-6-4-3-5-7-9/h3-7,10H,2,8H2,1H3. The minimum Gasteiger partial charge on any atom is -0.402 e. The Morgan fingerprint density at radius 2 is 2.21 bits per heavy atom. The minimum atomic E-state index is -0.271. The predicted octanol–water partition coefficient (Wildman–Crippen LogP) is 0.791. The molecule has 0 amide bonds. The highest BCUT2D eigenvalue weighted by Crippen LogP contribution is 2.09. The van der Waals surface area contributed by atoms with E-state index >= 15 is 0 Å². The van der Waals surface area contributed by atoms with Gasteiger partial charge >= 0.3 is 7.12 Å². The molecule has 1 unspecified atom stereocenters. The van der Waals surface area contributed by atoms with Crippen molar-refractivity contribution >= 4 is 12.6 Å². The van der Waals surface area contributed by atoms with Crippen molar-refractivity contribution in [2.45, 2.75) is 13.2 Å². The number of hydrogen-bond donors (Lipinski definition) is 0. The van der Waals surface area contributed by atoms with Crippen LogP contribution in [0.3, 0.4) is 0 Å². The van der Waals surface area contributed by atoms with E-state index in [4.69, 9.17) is 14.0 Å². The summed E-state index contributed by atoms with van der Waals surface area (Å²) in [7, 11) is -0.271. The van der Waals surface area contributed by atoms with Crippen molar-refractivity contribution in [3.8, 4) is 0 Å². The molecular weight excluding hydrogens is 179 g/mol. The van der Waals surface area contributed by atoms with E-state index < -0.39 is 0 Å². The fourth-order valence-corrected chi connectivity index (χ4v) is 1.44. The molecule has 0 aromatic heterocycles. The van der Waals surface area contributed by atoms with Gasteiger partial charge in [-0.15, -0.1) is 0 Å². The van der Waals surface area contributed by atoms with Crippen molar-refractivity contribution < 1.29 is 14.0 Å². The van der Waals surface area contributed by atoms with E-state index in [0.29, 0.717) is 13.2 Å². The van der Waals surface area contributed by atoms with E-state index in [0.717, 1.165) is 5.46 Å². The summed E-state index contributed by atoms with van der Waals surface area (Å²) in [4.78, 5) is 0. The minimum absolute atomic E-state index is 0.217. The van der Waals surface area contributed by atoms with E-state index in [1.165, 1.54) is 0 Å². The monoisotopic (exact) mass is 192 g/mol. The summed E-state index contributed by atoms with van der Waals surface area (Å²) in [5.74, 6) is 0. The molecule has 1 saturated heterocycles. The van der Waals surface area contributed by atoms with Crippen LogP contribution >= 0.6 is 0 Å². The number of benzene rings is 1. The van der Waals surface area contributed by atoms with Crippen LogP contribution < -0.4 is 5.46 Å². The van der Waals surface area contributed by atoms with Crippen LogP contribution in [0, 0.1) is 0 Å². The zero-order valence-corrected chi connectivity index (χ0v) is 8.18. The summed E-state index contributed by atoms with van der Waals surface area (Å²) in [6, 6.07) is 9.88. The highest BCUT2D eigenvalue weighted by Gasteiger charge is 2.32. The van der Waals surface area contributed by atoms with E-state index in [2.05, 4.69) is 0 Å². The third-order valence-corrected chi connectivity index (χ3v) is 2.08. The second kappa shape index (κ2) is 4.60. The Hall–Kier alpha value is -0.835. The summed E-state index contributed by atoms with van der Waals surface area (Å²) in [6.45, 7) is 3.10. The molecule has 0 aliphatic carbocycles. The lowest BCUT2D eigenvalue weighted by atomic mass is 9.80. The normalized spacial score (nSPS) is 21.5. The Morgan fingerprint density at radius 1 is 1.43 bits per heavy atom.